The molecule has 2 aromatic rings. The molecule has 0 aliphatic rings. The van der Waals surface area contributed by atoms with Crippen molar-refractivity contribution in [2.45, 2.75) is 19.0 Å². The number of carboxylic acids is 2. The Balaban J connectivity index is 0.000000450. The molecule has 2 rings (SSSR count). The molecule has 0 spiro atoms. The number of aromatic nitrogens is 2. The van der Waals surface area contributed by atoms with Crippen molar-refractivity contribution >= 4 is 11.9 Å². The minimum atomic E-state index is -4.31. The molecule has 0 aliphatic heterocycles. The molecule has 0 fully saturated rings. The van der Waals surface area contributed by atoms with Gasteiger partial charge in [-0.05, 0) is 37.1 Å². The van der Waals surface area contributed by atoms with E-state index >= 15 is 0 Å². The Morgan fingerprint density at radius 3 is 2.16 bits per heavy atom. The van der Waals surface area contributed by atoms with Crippen molar-refractivity contribution in [3.63, 3.8) is 0 Å². The Morgan fingerprint density at radius 2 is 1.72 bits per heavy atom. The molecule has 0 saturated heterocycles. The number of H-pyrrole nitrogens is 1. The minimum absolute atomic E-state index is 0.442. The predicted molar refractivity (Wildman–Crippen MR) is 79.1 cm³/mol. The SMILES string of the molecule is FC(F)(F)c1ccc(OCCCc2cnc[nH]2)cc1.O=C(O)C(=O)O. The number of ether oxygens (including phenoxy) is 1. The largest absolute Gasteiger partial charge is 0.494 e. The highest BCUT2D eigenvalue weighted by atomic mass is 19.4. The number of benzene rings is 1. The van der Waals surface area contributed by atoms with Crippen molar-refractivity contribution < 1.29 is 37.7 Å². The van der Waals surface area contributed by atoms with Crippen LogP contribution >= 0.6 is 0 Å². The van der Waals surface area contributed by atoms with E-state index in [9.17, 15) is 13.2 Å². The highest BCUT2D eigenvalue weighted by Crippen LogP contribution is 2.30. The zero-order valence-electron chi connectivity index (χ0n) is 12.8. The summed E-state index contributed by atoms with van der Waals surface area (Å²) in [5.41, 5.74) is 0.341. The third-order valence-corrected chi connectivity index (χ3v) is 2.78. The fourth-order valence-electron chi connectivity index (χ4n) is 1.61. The molecule has 1 aromatic heterocycles. The van der Waals surface area contributed by atoms with E-state index in [1.54, 1.807) is 12.5 Å². The molecule has 136 valence electrons. The lowest BCUT2D eigenvalue weighted by Crippen LogP contribution is -2.09. The van der Waals surface area contributed by atoms with E-state index < -0.39 is 23.7 Å². The van der Waals surface area contributed by atoms with E-state index in [1.807, 2.05) is 0 Å². The van der Waals surface area contributed by atoms with E-state index in [4.69, 9.17) is 24.5 Å². The molecule has 0 amide bonds. The molecule has 0 aliphatic carbocycles. The van der Waals surface area contributed by atoms with Crippen LogP contribution in [0.4, 0.5) is 13.2 Å². The normalized spacial score (nSPS) is 10.5. The quantitative estimate of drug-likeness (QED) is 0.558. The Kier molecular flexibility index (Phi) is 7.44. The van der Waals surface area contributed by atoms with Crippen LogP contribution in [0.15, 0.2) is 36.8 Å². The topological polar surface area (TPSA) is 113 Å². The molecular weight excluding hydrogens is 345 g/mol. The van der Waals surface area contributed by atoms with Crippen LogP contribution in [0.5, 0.6) is 5.75 Å². The molecule has 0 radical (unpaired) electrons. The maximum Gasteiger partial charge on any atom is 0.416 e. The van der Waals surface area contributed by atoms with Crippen LogP contribution in [0.3, 0.4) is 0 Å². The van der Waals surface area contributed by atoms with Gasteiger partial charge in [-0.2, -0.15) is 13.2 Å². The third-order valence-electron chi connectivity index (χ3n) is 2.78. The van der Waals surface area contributed by atoms with Crippen LogP contribution in [0.1, 0.15) is 17.7 Å². The number of aryl methyl sites for hydroxylation is 1. The first-order valence-corrected chi connectivity index (χ1v) is 6.93. The maximum atomic E-state index is 12.3. The lowest BCUT2D eigenvalue weighted by Gasteiger charge is -2.08. The second kappa shape index (κ2) is 9.30. The van der Waals surface area contributed by atoms with Gasteiger partial charge < -0.3 is 19.9 Å². The van der Waals surface area contributed by atoms with Crippen LogP contribution < -0.4 is 4.74 Å². The van der Waals surface area contributed by atoms with Gasteiger partial charge in [-0.15, -0.1) is 0 Å². The van der Waals surface area contributed by atoms with Crippen LogP contribution in [-0.2, 0) is 22.2 Å². The van der Waals surface area contributed by atoms with E-state index in [0.29, 0.717) is 12.4 Å². The van der Waals surface area contributed by atoms with Gasteiger partial charge in [0.05, 0.1) is 18.5 Å². The van der Waals surface area contributed by atoms with Crippen LogP contribution in [0.2, 0.25) is 0 Å². The molecule has 10 heteroatoms. The molecule has 7 nitrogen and oxygen atoms in total. The first-order valence-electron chi connectivity index (χ1n) is 6.93. The summed E-state index contributed by atoms with van der Waals surface area (Å²) in [5, 5.41) is 14.8. The zero-order chi connectivity index (χ0) is 18.9. The molecule has 3 N–H and O–H groups in total. The lowest BCUT2D eigenvalue weighted by atomic mass is 10.2. The van der Waals surface area contributed by atoms with Crippen molar-refractivity contribution in [1.29, 1.82) is 0 Å². The van der Waals surface area contributed by atoms with Crippen molar-refractivity contribution in [2.24, 2.45) is 0 Å². The summed E-state index contributed by atoms with van der Waals surface area (Å²) in [6.45, 7) is 0.449. The van der Waals surface area contributed by atoms with Gasteiger partial charge >= 0.3 is 18.1 Å². The number of hydrogen-bond donors (Lipinski definition) is 3. The molecule has 0 saturated carbocycles. The smallest absolute Gasteiger partial charge is 0.416 e. The Morgan fingerprint density at radius 1 is 1.12 bits per heavy atom. The van der Waals surface area contributed by atoms with Gasteiger partial charge in [0.25, 0.3) is 0 Å². The Bertz CT molecular complexity index is 657. The number of alkyl halides is 3. The average Bonchev–Trinajstić information content (AvgIpc) is 3.05. The first-order chi connectivity index (χ1) is 11.7. The van der Waals surface area contributed by atoms with Crippen LogP contribution in [-0.4, -0.2) is 38.7 Å². The Hall–Kier alpha value is -3.04. The lowest BCUT2D eigenvalue weighted by molar-refractivity contribution is -0.159. The second-order valence-corrected chi connectivity index (χ2v) is 4.66. The van der Waals surface area contributed by atoms with Gasteiger partial charge in [0.15, 0.2) is 0 Å². The molecular formula is C15H15F3N2O5. The number of nitrogens with one attached hydrogen (secondary N) is 1. The van der Waals surface area contributed by atoms with E-state index in [2.05, 4.69) is 9.97 Å². The van der Waals surface area contributed by atoms with Crippen molar-refractivity contribution in [3.8, 4) is 5.75 Å². The molecule has 0 bridgehead atoms. The number of aromatic amines is 1. The highest BCUT2D eigenvalue weighted by Gasteiger charge is 2.29. The maximum absolute atomic E-state index is 12.3. The number of carboxylic acid groups (broad SMARTS) is 2. The first kappa shape index (κ1) is 20.0. The molecule has 25 heavy (non-hydrogen) atoms. The van der Waals surface area contributed by atoms with E-state index in [0.717, 1.165) is 30.7 Å². The number of nitrogens with zero attached hydrogens (tertiary/aromatic N) is 1. The van der Waals surface area contributed by atoms with Gasteiger partial charge in [0, 0.05) is 11.9 Å². The number of rotatable bonds is 5. The fraction of sp³-hybridized carbons (Fsp3) is 0.267. The molecule has 1 aromatic carbocycles. The van der Waals surface area contributed by atoms with Gasteiger partial charge in [-0.3, -0.25) is 0 Å². The van der Waals surface area contributed by atoms with E-state index in [1.165, 1.54) is 12.1 Å². The monoisotopic (exact) mass is 360 g/mol. The second-order valence-electron chi connectivity index (χ2n) is 4.66. The van der Waals surface area contributed by atoms with Crippen molar-refractivity contribution in [3.05, 3.63) is 48.0 Å². The average molecular weight is 360 g/mol. The van der Waals surface area contributed by atoms with Crippen molar-refractivity contribution in [1.82, 2.24) is 9.97 Å². The summed E-state index contributed by atoms with van der Waals surface area (Å²) in [7, 11) is 0. The van der Waals surface area contributed by atoms with Gasteiger partial charge in [0.2, 0.25) is 0 Å². The Labute approximate surface area is 140 Å². The summed E-state index contributed by atoms with van der Waals surface area (Å²) < 4.78 is 42.4. The molecule has 0 atom stereocenters. The van der Waals surface area contributed by atoms with E-state index in [-0.39, 0.29) is 0 Å². The predicted octanol–water partition coefficient (Wildman–Crippen LogP) is 2.60. The highest BCUT2D eigenvalue weighted by molar-refractivity contribution is 6.27. The summed E-state index contributed by atoms with van der Waals surface area (Å²) in [5.74, 6) is -3.21. The molecule has 0 unspecified atom stereocenters. The van der Waals surface area contributed by atoms with Crippen LogP contribution in [0.25, 0.3) is 0 Å². The minimum Gasteiger partial charge on any atom is -0.494 e. The van der Waals surface area contributed by atoms with Gasteiger partial charge in [-0.1, -0.05) is 0 Å². The summed E-state index contributed by atoms with van der Waals surface area (Å²) in [4.78, 5) is 25.1. The fourth-order valence-corrected chi connectivity index (χ4v) is 1.61. The number of imidazole rings is 1. The summed E-state index contributed by atoms with van der Waals surface area (Å²) >= 11 is 0. The zero-order valence-corrected chi connectivity index (χ0v) is 12.8. The van der Waals surface area contributed by atoms with Crippen LogP contribution in [0, 0.1) is 0 Å². The molecule has 1 heterocycles. The number of aliphatic carboxylic acids is 2. The standard InChI is InChI=1S/C13H13F3N2O.C2H2O4/c14-13(15,16)10-3-5-12(6-4-10)19-7-1-2-11-8-17-9-18-11;3-1(4)2(5)6/h3-6,8-9H,1-2,7H2,(H,17,18);(H,3,4)(H,5,6). The van der Waals surface area contributed by atoms with Gasteiger partial charge in [-0.25, -0.2) is 14.6 Å². The third kappa shape index (κ3) is 7.86. The number of carbonyl (C=O) groups is 2. The number of hydrogen-bond acceptors (Lipinski definition) is 4. The summed E-state index contributed by atoms with van der Waals surface area (Å²) in [6, 6.07) is 4.70. The van der Waals surface area contributed by atoms with Gasteiger partial charge in [0.1, 0.15) is 5.75 Å². The van der Waals surface area contributed by atoms with Crippen molar-refractivity contribution in [2.75, 3.05) is 6.61 Å². The summed E-state index contributed by atoms with van der Waals surface area (Å²) in [6.07, 6.45) is 0.590. The number of halogens is 3.